The maximum absolute atomic E-state index is 11.4. The summed E-state index contributed by atoms with van der Waals surface area (Å²) in [5.74, 6) is -0.0501. The normalized spacial score (nSPS) is 13.7. The lowest BCUT2D eigenvalue weighted by Crippen LogP contribution is -2.43. The highest BCUT2D eigenvalue weighted by atomic mass is 16.3. The first-order valence-electron chi connectivity index (χ1n) is 7.14. The quantitative estimate of drug-likeness (QED) is 0.857. The Balaban J connectivity index is 2.01. The molecule has 3 heteroatoms. The van der Waals surface area contributed by atoms with E-state index in [4.69, 9.17) is 0 Å². The molecule has 0 spiro atoms. The van der Waals surface area contributed by atoms with Gasteiger partial charge in [0.05, 0.1) is 12.1 Å². The van der Waals surface area contributed by atoms with Gasteiger partial charge in [-0.05, 0) is 30.5 Å². The number of hydrogen-bond donors (Lipinski definition) is 2. The molecule has 2 N–H and O–H groups in total. The molecule has 3 nitrogen and oxygen atoms in total. The molecule has 0 radical (unpaired) electrons. The molecule has 0 bridgehead atoms. The molecule has 0 fully saturated rings. The van der Waals surface area contributed by atoms with Crippen molar-refractivity contribution in [2.75, 3.05) is 0 Å². The molecule has 0 aromatic heterocycles. The van der Waals surface area contributed by atoms with Crippen molar-refractivity contribution in [2.45, 2.75) is 32.5 Å². The molecular formula is C18H21NO2. The van der Waals surface area contributed by atoms with Gasteiger partial charge < -0.3 is 10.4 Å². The van der Waals surface area contributed by atoms with Gasteiger partial charge in [0, 0.05) is 6.54 Å². The molecule has 0 saturated heterocycles. The number of aliphatic hydroxyl groups is 1. The van der Waals surface area contributed by atoms with Gasteiger partial charge in [0.1, 0.15) is 5.78 Å². The van der Waals surface area contributed by atoms with Crippen molar-refractivity contribution < 1.29 is 9.90 Å². The Bertz CT molecular complexity index is 576. The van der Waals surface area contributed by atoms with Gasteiger partial charge in [0.2, 0.25) is 0 Å². The first-order chi connectivity index (χ1) is 10.1. The molecule has 21 heavy (non-hydrogen) atoms. The lowest BCUT2D eigenvalue weighted by molar-refractivity contribution is -0.121. The average Bonchev–Trinajstić information content (AvgIpc) is 2.48. The van der Waals surface area contributed by atoms with Gasteiger partial charge in [-0.2, -0.15) is 0 Å². The maximum Gasteiger partial charge on any atom is 0.149 e. The molecule has 2 rings (SSSR count). The van der Waals surface area contributed by atoms with Crippen LogP contribution in [0.15, 0.2) is 54.6 Å². The summed E-state index contributed by atoms with van der Waals surface area (Å²) in [5.41, 5.74) is 3.43. The predicted molar refractivity (Wildman–Crippen MR) is 84.9 cm³/mol. The summed E-state index contributed by atoms with van der Waals surface area (Å²) < 4.78 is 0. The molecule has 0 aliphatic carbocycles. The molecule has 2 atom stereocenters. The fourth-order valence-electron chi connectivity index (χ4n) is 2.33. The standard InChI is InChI=1S/C18H21NO2/c1-13(20)18(14(2)21)19-12-15-8-10-17(11-9-15)16-6-4-3-5-7-16/h3-11,13,18-20H,12H2,1-2H3/t13-,18+/m1/s1. The Kier molecular flexibility index (Phi) is 5.26. The van der Waals surface area contributed by atoms with Crippen LogP contribution in [-0.4, -0.2) is 23.0 Å². The fourth-order valence-corrected chi connectivity index (χ4v) is 2.33. The van der Waals surface area contributed by atoms with Crippen molar-refractivity contribution in [1.82, 2.24) is 5.32 Å². The van der Waals surface area contributed by atoms with Crippen LogP contribution in [0.2, 0.25) is 0 Å². The highest BCUT2D eigenvalue weighted by molar-refractivity contribution is 5.82. The van der Waals surface area contributed by atoms with Crippen LogP contribution in [0.25, 0.3) is 11.1 Å². The van der Waals surface area contributed by atoms with Gasteiger partial charge in [0.15, 0.2) is 0 Å². The second-order valence-electron chi connectivity index (χ2n) is 5.27. The third kappa shape index (κ3) is 4.25. The lowest BCUT2D eigenvalue weighted by Gasteiger charge is -2.18. The number of benzene rings is 2. The molecule has 2 aromatic carbocycles. The van der Waals surface area contributed by atoms with Crippen molar-refractivity contribution in [3.05, 3.63) is 60.2 Å². The highest BCUT2D eigenvalue weighted by Gasteiger charge is 2.18. The summed E-state index contributed by atoms with van der Waals surface area (Å²) in [7, 11) is 0. The number of Topliss-reactive ketones (excluding diaryl/α,β-unsaturated/α-hetero) is 1. The summed E-state index contributed by atoms with van der Waals surface area (Å²) in [6, 6.07) is 17.9. The Hall–Kier alpha value is -1.97. The maximum atomic E-state index is 11.4. The van der Waals surface area contributed by atoms with Gasteiger partial charge in [-0.3, -0.25) is 4.79 Å². The first-order valence-corrected chi connectivity index (χ1v) is 7.14. The number of aliphatic hydroxyl groups excluding tert-OH is 1. The third-order valence-corrected chi connectivity index (χ3v) is 3.51. The number of nitrogens with one attached hydrogen (secondary N) is 1. The van der Waals surface area contributed by atoms with Crippen LogP contribution in [0.3, 0.4) is 0 Å². The minimum atomic E-state index is -0.689. The molecule has 2 aromatic rings. The molecule has 0 aliphatic heterocycles. The number of carbonyl (C=O) groups is 1. The number of rotatable bonds is 6. The van der Waals surface area contributed by atoms with Crippen LogP contribution < -0.4 is 5.32 Å². The molecular weight excluding hydrogens is 262 g/mol. The van der Waals surface area contributed by atoms with E-state index in [1.165, 1.54) is 12.5 Å². The largest absolute Gasteiger partial charge is 0.391 e. The molecule has 0 amide bonds. The summed E-state index contributed by atoms with van der Waals surface area (Å²) in [6.07, 6.45) is -0.689. The summed E-state index contributed by atoms with van der Waals surface area (Å²) in [6.45, 7) is 3.67. The van der Waals surface area contributed by atoms with Gasteiger partial charge in [-0.1, -0.05) is 54.6 Å². The SMILES string of the molecule is CC(=O)[C@@H](NCc1ccc(-c2ccccc2)cc1)[C@@H](C)O. The number of carbonyl (C=O) groups excluding carboxylic acids is 1. The Morgan fingerprint density at radius 2 is 1.62 bits per heavy atom. The van der Waals surface area contributed by atoms with Crippen molar-refractivity contribution >= 4 is 5.78 Å². The van der Waals surface area contributed by atoms with Crippen molar-refractivity contribution in [3.63, 3.8) is 0 Å². The van der Waals surface area contributed by atoms with Crippen molar-refractivity contribution in [3.8, 4) is 11.1 Å². The third-order valence-electron chi connectivity index (χ3n) is 3.51. The Morgan fingerprint density at radius 3 is 2.14 bits per heavy atom. The van der Waals surface area contributed by atoms with Gasteiger partial charge >= 0.3 is 0 Å². The molecule has 110 valence electrons. The lowest BCUT2D eigenvalue weighted by atomic mass is 10.0. The molecule has 0 saturated carbocycles. The Labute approximate surface area is 125 Å². The van der Waals surface area contributed by atoms with Crippen LogP contribution in [0, 0.1) is 0 Å². The van der Waals surface area contributed by atoms with E-state index >= 15 is 0 Å². The number of ketones is 1. The highest BCUT2D eigenvalue weighted by Crippen LogP contribution is 2.19. The van der Waals surface area contributed by atoms with E-state index in [0.717, 1.165) is 11.1 Å². The van der Waals surface area contributed by atoms with Crippen molar-refractivity contribution in [2.24, 2.45) is 0 Å². The van der Waals surface area contributed by atoms with Gasteiger partial charge in [-0.25, -0.2) is 0 Å². The van der Waals surface area contributed by atoms with Gasteiger partial charge in [-0.15, -0.1) is 0 Å². The average molecular weight is 283 g/mol. The summed E-state index contributed by atoms with van der Waals surface area (Å²) in [5, 5.41) is 12.7. The minimum absolute atomic E-state index is 0.0501. The van der Waals surface area contributed by atoms with Gasteiger partial charge in [0.25, 0.3) is 0 Å². The van der Waals surface area contributed by atoms with E-state index in [1.807, 2.05) is 30.3 Å². The van der Waals surface area contributed by atoms with E-state index < -0.39 is 12.1 Å². The van der Waals surface area contributed by atoms with Crippen LogP contribution in [0.5, 0.6) is 0 Å². The van der Waals surface area contributed by atoms with Crippen molar-refractivity contribution in [1.29, 1.82) is 0 Å². The molecule has 0 aliphatic rings. The zero-order valence-corrected chi connectivity index (χ0v) is 12.4. The van der Waals surface area contributed by atoms with Crippen LogP contribution >= 0.6 is 0 Å². The van der Waals surface area contributed by atoms with Crippen LogP contribution in [0.4, 0.5) is 0 Å². The number of hydrogen-bond acceptors (Lipinski definition) is 3. The van der Waals surface area contributed by atoms with E-state index in [0.29, 0.717) is 6.54 Å². The van der Waals surface area contributed by atoms with E-state index in [-0.39, 0.29) is 5.78 Å². The van der Waals surface area contributed by atoms with E-state index in [9.17, 15) is 9.90 Å². The zero-order chi connectivity index (χ0) is 15.2. The minimum Gasteiger partial charge on any atom is -0.391 e. The molecule has 0 heterocycles. The second kappa shape index (κ2) is 7.16. The van der Waals surface area contributed by atoms with E-state index in [2.05, 4.69) is 29.6 Å². The zero-order valence-electron chi connectivity index (χ0n) is 12.4. The monoisotopic (exact) mass is 283 g/mol. The predicted octanol–water partition coefficient (Wildman–Crippen LogP) is 2.78. The fraction of sp³-hybridized carbons (Fsp3) is 0.278. The van der Waals surface area contributed by atoms with Crippen LogP contribution in [-0.2, 0) is 11.3 Å². The van der Waals surface area contributed by atoms with E-state index in [1.54, 1.807) is 6.92 Å². The first kappa shape index (κ1) is 15.4. The second-order valence-corrected chi connectivity index (χ2v) is 5.27. The topological polar surface area (TPSA) is 49.3 Å². The van der Waals surface area contributed by atoms with Crippen LogP contribution in [0.1, 0.15) is 19.4 Å². The Morgan fingerprint density at radius 1 is 1.05 bits per heavy atom. The summed E-state index contributed by atoms with van der Waals surface area (Å²) >= 11 is 0. The molecule has 0 unspecified atom stereocenters. The smallest absolute Gasteiger partial charge is 0.149 e. The summed E-state index contributed by atoms with van der Waals surface area (Å²) in [4.78, 5) is 11.4.